The van der Waals surface area contributed by atoms with Gasteiger partial charge in [0.2, 0.25) is 0 Å². The Balaban J connectivity index is 1.78. The predicted octanol–water partition coefficient (Wildman–Crippen LogP) is 4.28. The summed E-state index contributed by atoms with van der Waals surface area (Å²) < 4.78 is 10.7. The fourth-order valence-corrected chi connectivity index (χ4v) is 3.24. The van der Waals surface area contributed by atoms with E-state index in [2.05, 4.69) is 0 Å². The van der Waals surface area contributed by atoms with Gasteiger partial charge in [-0.05, 0) is 28.8 Å². The van der Waals surface area contributed by atoms with Crippen molar-refractivity contribution < 1.29 is 19.1 Å². The van der Waals surface area contributed by atoms with E-state index < -0.39 is 5.97 Å². The monoisotopic (exact) mass is 356 g/mol. The first kappa shape index (κ1) is 16.8. The second-order valence-corrected chi connectivity index (χ2v) is 6.05. The average Bonchev–Trinajstić information content (AvgIpc) is 2.71. The van der Waals surface area contributed by atoms with Crippen molar-refractivity contribution in [2.24, 2.45) is 0 Å². The molecule has 0 fully saturated rings. The maximum Gasteiger partial charge on any atom is 0.336 e. The first-order valence-electron chi connectivity index (χ1n) is 8.49. The fourth-order valence-electron chi connectivity index (χ4n) is 3.24. The van der Waals surface area contributed by atoms with Crippen LogP contribution in [0.15, 0.2) is 78.9 Å². The van der Waals surface area contributed by atoms with Gasteiger partial charge in [-0.15, -0.1) is 0 Å². The Morgan fingerprint density at radius 1 is 0.741 bits per heavy atom. The summed E-state index contributed by atoms with van der Waals surface area (Å²) in [6.07, 6.45) is 1.43. The van der Waals surface area contributed by atoms with Crippen molar-refractivity contribution in [3.63, 3.8) is 0 Å². The Morgan fingerprint density at radius 2 is 1.22 bits per heavy atom. The zero-order chi connectivity index (χ0) is 18.8. The molecule has 0 heterocycles. The number of fused-ring (bicyclic) bond motifs is 2. The van der Waals surface area contributed by atoms with Crippen LogP contribution in [0.1, 0.15) is 27.0 Å². The maximum atomic E-state index is 12.8. The minimum Gasteiger partial charge on any atom is -0.493 e. The lowest BCUT2D eigenvalue weighted by Crippen LogP contribution is -2.16. The smallest absolute Gasteiger partial charge is 0.336 e. The quantitative estimate of drug-likeness (QED) is 0.312. The lowest BCUT2D eigenvalue weighted by molar-refractivity contribution is -0.129. The van der Waals surface area contributed by atoms with Crippen LogP contribution < -0.4 is 9.47 Å². The molecule has 0 aromatic heterocycles. The topological polar surface area (TPSA) is 52.6 Å². The number of ketones is 1. The molecular weight excluding hydrogens is 340 g/mol. The van der Waals surface area contributed by atoms with Crippen LogP contribution in [0.4, 0.5) is 0 Å². The number of esters is 1. The molecule has 1 aliphatic rings. The summed E-state index contributed by atoms with van der Waals surface area (Å²) in [5, 5.41) is 0. The molecule has 0 aliphatic heterocycles. The number of methoxy groups -OCH3 is 1. The zero-order valence-electron chi connectivity index (χ0n) is 14.6. The fraction of sp³-hybridized carbons (Fsp3) is 0.0435. The summed E-state index contributed by atoms with van der Waals surface area (Å²) in [5.41, 5.74) is 3.26. The maximum absolute atomic E-state index is 12.8. The highest BCUT2D eigenvalue weighted by atomic mass is 16.6. The number of carbonyl (C=O) groups excluding carboxylic acids is 2. The largest absolute Gasteiger partial charge is 0.493 e. The Labute approximate surface area is 156 Å². The summed E-state index contributed by atoms with van der Waals surface area (Å²) in [4.78, 5) is 25.4. The van der Waals surface area contributed by atoms with E-state index >= 15 is 0 Å². The van der Waals surface area contributed by atoms with Crippen LogP contribution in [0.5, 0.6) is 11.5 Å². The molecule has 0 saturated carbocycles. The molecule has 4 heteroatoms. The molecule has 0 unspecified atom stereocenters. The van der Waals surface area contributed by atoms with Gasteiger partial charge >= 0.3 is 5.97 Å². The molecule has 0 radical (unpaired) electrons. The van der Waals surface area contributed by atoms with E-state index in [-0.39, 0.29) is 5.78 Å². The lowest BCUT2D eigenvalue weighted by atomic mass is 9.81. The zero-order valence-corrected chi connectivity index (χ0v) is 14.6. The van der Waals surface area contributed by atoms with Crippen LogP contribution in [-0.4, -0.2) is 18.9 Å². The number of rotatable bonds is 3. The van der Waals surface area contributed by atoms with Gasteiger partial charge in [-0.1, -0.05) is 60.7 Å². The van der Waals surface area contributed by atoms with E-state index in [0.717, 1.165) is 11.1 Å². The van der Waals surface area contributed by atoms with E-state index in [1.807, 2.05) is 36.4 Å². The normalized spacial score (nSPS) is 12.0. The van der Waals surface area contributed by atoms with Crippen molar-refractivity contribution in [2.75, 3.05) is 7.11 Å². The van der Waals surface area contributed by atoms with Crippen LogP contribution in [0, 0.1) is 0 Å². The Kier molecular flexibility index (Phi) is 4.30. The molecule has 0 saturated heterocycles. The summed E-state index contributed by atoms with van der Waals surface area (Å²) >= 11 is 0. The minimum atomic E-state index is -0.534. The Morgan fingerprint density at radius 3 is 1.78 bits per heavy atom. The average molecular weight is 356 g/mol. The molecule has 0 amide bonds. The lowest BCUT2D eigenvalue weighted by Gasteiger charge is -2.21. The Hall–Kier alpha value is -3.66. The predicted molar refractivity (Wildman–Crippen MR) is 102 cm³/mol. The van der Waals surface area contributed by atoms with Crippen LogP contribution in [0.3, 0.4) is 0 Å². The standard InChI is InChI=1S/C23H16O4/c1-26-20-12-6-7-13-21(20)27-22(24)14-19-15-8-2-4-10-17(15)23(25)18-11-5-3-9-16(18)19/h2-14H,1H3. The van der Waals surface area contributed by atoms with Crippen molar-refractivity contribution in [2.45, 2.75) is 0 Å². The van der Waals surface area contributed by atoms with Gasteiger partial charge in [0.1, 0.15) is 0 Å². The number of ether oxygens (including phenoxy) is 2. The molecule has 0 spiro atoms. The van der Waals surface area contributed by atoms with E-state index in [4.69, 9.17) is 9.47 Å². The number of hydrogen-bond acceptors (Lipinski definition) is 4. The molecule has 4 nitrogen and oxygen atoms in total. The van der Waals surface area contributed by atoms with Crippen molar-refractivity contribution >= 4 is 17.3 Å². The number of benzene rings is 3. The highest BCUT2D eigenvalue weighted by Crippen LogP contribution is 2.36. The molecule has 132 valence electrons. The summed E-state index contributed by atoms with van der Waals surface area (Å²) in [6.45, 7) is 0. The second-order valence-electron chi connectivity index (χ2n) is 6.05. The van der Waals surface area contributed by atoms with Gasteiger partial charge in [-0.25, -0.2) is 4.79 Å². The second kappa shape index (κ2) is 6.92. The molecule has 3 aromatic rings. The highest BCUT2D eigenvalue weighted by Gasteiger charge is 2.27. The van der Waals surface area contributed by atoms with Crippen LogP contribution >= 0.6 is 0 Å². The van der Waals surface area contributed by atoms with Crippen LogP contribution in [0.25, 0.3) is 5.57 Å². The number of para-hydroxylation sites is 2. The van der Waals surface area contributed by atoms with E-state index in [1.54, 1.807) is 36.4 Å². The van der Waals surface area contributed by atoms with Gasteiger partial charge < -0.3 is 9.47 Å². The molecular formula is C23H16O4. The van der Waals surface area contributed by atoms with E-state index in [0.29, 0.717) is 28.2 Å². The molecule has 4 rings (SSSR count). The summed E-state index contributed by atoms with van der Waals surface area (Å²) in [7, 11) is 1.52. The first-order valence-corrected chi connectivity index (χ1v) is 8.49. The van der Waals surface area contributed by atoms with Crippen molar-refractivity contribution in [1.82, 2.24) is 0 Å². The van der Waals surface area contributed by atoms with Crippen LogP contribution in [0.2, 0.25) is 0 Å². The molecule has 0 bridgehead atoms. The molecule has 27 heavy (non-hydrogen) atoms. The number of carbonyl (C=O) groups is 2. The van der Waals surface area contributed by atoms with Gasteiger partial charge in [-0.3, -0.25) is 4.79 Å². The molecule has 1 aliphatic carbocycles. The number of hydrogen-bond donors (Lipinski definition) is 0. The third-order valence-electron chi connectivity index (χ3n) is 4.47. The SMILES string of the molecule is COc1ccccc1OC(=O)C=C1c2ccccc2C(=O)c2ccccc21. The van der Waals surface area contributed by atoms with E-state index in [1.165, 1.54) is 13.2 Å². The van der Waals surface area contributed by atoms with Gasteiger partial charge in [-0.2, -0.15) is 0 Å². The van der Waals surface area contributed by atoms with Gasteiger partial charge in [0.25, 0.3) is 0 Å². The summed E-state index contributed by atoms with van der Waals surface area (Å²) in [5.74, 6) is 0.240. The summed E-state index contributed by atoms with van der Waals surface area (Å²) in [6, 6.07) is 21.5. The van der Waals surface area contributed by atoms with Crippen molar-refractivity contribution in [1.29, 1.82) is 0 Å². The van der Waals surface area contributed by atoms with Gasteiger partial charge in [0.05, 0.1) is 7.11 Å². The molecule has 0 N–H and O–H groups in total. The van der Waals surface area contributed by atoms with Crippen molar-refractivity contribution in [3.8, 4) is 11.5 Å². The van der Waals surface area contributed by atoms with Gasteiger partial charge in [0.15, 0.2) is 17.3 Å². The van der Waals surface area contributed by atoms with E-state index in [9.17, 15) is 9.59 Å². The minimum absolute atomic E-state index is 0.0450. The third-order valence-corrected chi connectivity index (χ3v) is 4.47. The first-order chi connectivity index (χ1) is 13.2. The molecule has 3 aromatic carbocycles. The highest BCUT2D eigenvalue weighted by molar-refractivity contribution is 6.20. The van der Waals surface area contributed by atoms with Crippen molar-refractivity contribution in [3.05, 3.63) is 101 Å². The third kappa shape index (κ3) is 3.02. The molecule has 0 atom stereocenters. The Bertz CT molecular complexity index is 1030. The van der Waals surface area contributed by atoms with Crippen LogP contribution in [-0.2, 0) is 4.79 Å². The van der Waals surface area contributed by atoms with Gasteiger partial charge in [0, 0.05) is 17.2 Å².